The second-order valence-corrected chi connectivity index (χ2v) is 3.97. The lowest BCUT2D eigenvalue weighted by molar-refractivity contribution is -0.113. The van der Waals surface area contributed by atoms with Gasteiger partial charge in [-0.2, -0.15) is 5.10 Å². The van der Waals surface area contributed by atoms with Crippen molar-refractivity contribution < 1.29 is 14.3 Å². The first-order chi connectivity index (χ1) is 9.15. The summed E-state index contributed by atoms with van der Waals surface area (Å²) in [5.41, 5.74) is 1.46. The minimum Gasteiger partial charge on any atom is -0.462 e. The van der Waals surface area contributed by atoms with Crippen LogP contribution in [0.2, 0.25) is 0 Å². The summed E-state index contributed by atoms with van der Waals surface area (Å²) in [6.45, 7) is 2.02. The van der Waals surface area contributed by atoms with Gasteiger partial charge in [0.25, 0.3) is 0 Å². The van der Waals surface area contributed by atoms with Gasteiger partial charge in [-0.05, 0) is 19.1 Å². The highest BCUT2D eigenvalue weighted by molar-refractivity contribution is 6.29. The van der Waals surface area contributed by atoms with Gasteiger partial charge in [0.1, 0.15) is 11.4 Å². The number of alkyl halides is 1. The molecule has 7 heteroatoms. The number of rotatable bonds is 4. The van der Waals surface area contributed by atoms with Crippen LogP contribution in [0.1, 0.15) is 17.3 Å². The van der Waals surface area contributed by atoms with Crippen LogP contribution in [0.15, 0.2) is 24.5 Å². The Balaban J connectivity index is 2.37. The Morgan fingerprint density at radius 1 is 1.53 bits per heavy atom. The first-order valence-electron chi connectivity index (χ1n) is 5.66. The summed E-state index contributed by atoms with van der Waals surface area (Å²) < 4.78 is 6.47. The first kappa shape index (κ1) is 13.4. The lowest BCUT2D eigenvalue weighted by Crippen LogP contribution is -2.12. The Kier molecular flexibility index (Phi) is 4.01. The van der Waals surface area contributed by atoms with Gasteiger partial charge in [-0.1, -0.05) is 0 Å². The summed E-state index contributed by atoms with van der Waals surface area (Å²) in [4.78, 5) is 22.9. The molecule has 19 heavy (non-hydrogen) atoms. The highest BCUT2D eigenvalue weighted by Gasteiger charge is 2.14. The average Bonchev–Trinajstić information content (AvgIpc) is 2.82. The van der Waals surface area contributed by atoms with Crippen LogP contribution in [0.3, 0.4) is 0 Å². The highest BCUT2D eigenvalue weighted by atomic mass is 35.5. The normalized spacial score (nSPS) is 10.4. The van der Waals surface area contributed by atoms with Crippen molar-refractivity contribution in [3.8, 4) is 0 Å². The monoisotopic (exact) mass is 281 g/mol. The molecule has 0 radical (unpaired) electrons. The Labute approximate surface area is 114 Å². The minimum atomic E-state index is -0.446. The van der Waals surface area contributed by atoms with Crippen molar-refractivity contribution in [3.05, 3.63) is 30.1 Å². The van der Waals surface area contributed by atoms with Gasteiger partial charge in [-0.25, -0.2) is 9.31 Å². The number of nitrogens with zero attached hydrogens (tertiary/aromatic N) is 2. The SMILES string of the molecule is CCOC(=O)c1cnn2ccc(NC(=O)CCl)cc12. The summed E-state index contributed by atoms with van der Waals surface area (Å²) in [5, 5.41) is 6.65. The molecule has 2 aromatic rings. The third-order valence-corrected chi connectivity index (χ3v) is 2.66. The van der Waals surface area contributed by atoms with Crippen LogP contribution >= 0.6 is 11.6 Å². The van der Waals surface area contributed by atoms with Crippen molar-refractivity contribution in [3.63, 3.8) is 0 Å². The molecule has 0 saturated carbocycles. The maximum Gasteiger partial charge on any atom is 0.341 e. The van der Waals surface area contributed by atoms with E-state index in [1.807, 2.05) is 0 Å². The molecule has 0 atom stereocenters. The van der Waals surface area contributed by atoms with E-state index in [0.717, 1.165) is 0 Å². The second-order valence-electron chi connectivity index (χ2n) is 3.71. The van der Waals surface area contributed by atoms with Crippen molar-refractivity contribution in [1.29, 1.82) is 0 Å². The first-order valence-corrected chi connectivity index (χ1v) is 6.19. The molecule has 0 unspecified atom stereocenters. The molecule has 0 aliphatic carbocycles. The molecule has 0 spiro atoms. The van der Waals surface area contributed by atoms with Crippen molar-refractivity contribution in [2.75, 3.05) is 17.8 Å². The maximum atomic E-state index is 11.7. The fourth-order valence-electron chi connectivity index (χ4n) is 1.62. The van der Waals surface area contributed by atoms with Crippen LogP contribution in [-0.2, 0) is 9.53 Å². The van der Waals surface area contributed by atoms with E-state index in [9.17, 15) is 9.59 Å². The van der Waals surface area contributed by atoms with E-state index in [1.54, 1.807) is 25.3 Å². The predicted molar refractivity (Wildman–Crippen MR) is 70.5 cm³/mol. The fraction of sp³-hybridized carbons (Fsp3) is 0.250. The Morgan fingerprint density at radius 2 is 2.32 bits per heavy atom. The average molecular weight is 282 g/mol. The number of fused-ring (bicyclic) bond motifs is 1. The van der Waals surface area contributed by atoms with E-state index < -0.39 is 5.97 Å². The zero-order valence-electron chi connectivity index (χ0n) is 10.2. The van der Waals surface area contributed by atoms with Crippen LogP contribution in [-0.4, -0.2) is 34.0 Å². The molecule has 0 fully saturated rings. The standard InChI is InChI=1S/C12H12ClN3O3/c1-2-19-12(18)9-7-14-16-4-3-8(5-10(9)16)15-11(17)6-13/h3-5,7H,2,6H2,1H3,(H,15,17). The van der Waals surface area contributed by atoms with Crippen LogP contribution in [0, 0.1) is 0 Å². The number of hydrogen-bond donors (Lipinski definition) is 1. The number of anilines is 1. The number of amides is 1. The molecule has 0 saturated heterocycles. The second kappa shape index (κ2) is 5.71. The van der Waals surface area contributed by atoms with Crippen LogP contribution in [0.25, 0.3) is 5.52 Å². The molecule has 100 valence electrons. The Morgan fingerprint density at radius 3 is 3.00 bits per heavy atom. The molecule has 0 aliphatic heterocycles. The van der Waals surface area contributed by atoms with Gasteiger partial charge in [0.2, 0.25) is 5.91 Å². The zero-order valence-corrected chi connectivity index (χ0v) is 11.0. The number of esters is 1. The summed E-state index contributed by atoms with van der Waals surface area (Å²) in [6, 6.07) is 3.31. The number of carbonyl (C=O) groups excluding carboxylic acids is 2. The van der Waals surface area contributed by atoms with E-state index >= 15 is 0 Å². The van der Waals surface area contributed by atoms with Gasteiger partial charge in [0.05, 0.1) is 18.3 Å². The van der Waals surface area contributed by atoms with Gasteiger partial charge in [-0.15, -0.1) is 11.6 Å². The third kappa shape index (κ3) is 2.85. The number of ether oxygens (including phenoxy) is 1. The maximum absolute atomic E-state index is 11.7. The number of halogens is 1. The zero-order chi connectivity index (χ0) is 13.8. The quantitative estimate of drug-likeness (QED) is 0.684. The third-order valence-electron chi connectivity index (χ3n) is 2.42. The lowest BCUT2D eigenvalue weighted by atomic mass is 10.2. The van der Waals surface area contributed by atoms with Gasteiger partial charge in [0.15, 0.2) is 0 Å². The number of carbonyl (C=O) groups is 2. The fourth-order valence-corrected chi connectivity index (χ4v) is 1.69. The van der Waals surface area contributed by atoms with Gasteiger partial charge in [-0.3, -0.25) is 4.79 Å². The summed E-state index contributed by atoms with van der Waals surface area (Å²) in [6.07, 6.45) is 3.07. The summed E-state index contributed by atoms with van der Waals surface area (Å²) >= 11 is 5.42. The van der Waals surface area contributed by atoms with Crippen molar-refractivity contribution in [2.45, 2.75) is 6.92 Å². The smallest absolute Gasteiger partial charge is 0.341 e. The molecule has 2 aromatic heterocycles. The Bertz CT molecular complexity index is 624. The van der Waals surface area contributed by atoms with E-state index in [2.05, 4.69) is 10.4 Å². The van der Waals surface area contributed by atoms with Crippen LogP contribution in [0.4, 0.5) is 5.69 Å². The molecule has 2 rings (SSSR count). The number of aromatic nitrogens is 2. The van der Waals surface area contributed by atoms with Crippen molar-refractivity contribution >= 4 is 34.7 Å². The molecule has 0 aliphatic rings. The van der Waals surface area contributed by atoms with Crippen molar-refractivity contribution in [2.24, 2.45) is 0 Å². The summed E-state index contributed by atoms with van der Waals surface area (Å²) in [7, 11) is 0. The number of nitrogens with one attached hydrogen (secondary N) is 1. The lowest BCUT2D eigenvalue weighted by Gasteiger charge is -2.04. The predicted octanol–water partition coefficient (Wildman–Crippen LogP) is 1.69. The minimum absolute atomic E-state index is 0.130. The van der Waals surface area contributed by atoms with E-state index in [-0.39, 0.29) is 11.8 Å². The molecular weight excluding hydrogens is 270 g/mol. The summed E-state index contributed by atoms with van der Waals surface area (Å²) in [5.74, 6) is -0.892. The molecule has 2 heterocycles. The number of hydrogen-bond acceptors (Lipinski definition) is 4. The van der Waals surface area contributed by atoms with Gasteiger partial charge >= 0.3 is 5.97 Å². The van der Waals surface area contributed by atoms with Gasteiger partial charge in [0, 0.05) is 11.9 Å². The molecule has 1 amide bonds. The van der Waals surface area contributed by atoms with Crippen LogP contribution in [0.5, 0.6) is 0 Å². The molecule has 6 nitrogen and oxygen atoms in total. The van der Waals surface area contributed by atoms with E-state index in [1.165, 1.54) is 10.7 Å². The molecule has 0 aromatic carbocycles. The van der Waals surface area contributed by atoms with Crippen molar-refractivity contribution in [1.82, 2.24) is 9.61 Å². The van der Waals surface area contributed by atoms with Gasteiger partial charge < -0.3 is 10.1 Å². The van der Waals surface area contributed by atoms with Crippen LogP contribution < -0.4 is 5.32 Å². The largest absolute Gasteiger partial charge is 0.462 e. The highest BCUT2D eigenvalue weighted by Crippen LogP contribution is 2.17. The Hall–Kier alpha value is -2.08. The topological polar surface area (TPSA) is 72.7 Å². The molecule has 0 bridgehead atoms. The number of pyridine rings is 1. The van der Waals surface area contributed by atoms with E-state index in [0.29, 0.717) is 23.4 Å². The molecular formula is C12H12ClN3O3. The molecule has 1 N–H and O–H groups in total. The van der Waals surface area contributed by atoms with E-state index in [4.69, 9.17) is 16.3 Å².